The summed E-state index contributed by atoms with van der Waals surface area (Å²) >= 11 is 0. The van der Waals surface area contributed by atoms with E-state index >= 15 is 4.39 Å². The molecule has 0 spiro atoms. The van der Waals surface area contributed by atoms with Gasteiger partial charge in [0.1, 0.15) is 29.3 Å². The molecule has 280 valence electrons. The molecular weight excluding hydrogens is 665 g/mol. The molecular formula is C38H52FN9O4. The Bertz CT molecular complexity index is 1750. The third-order valence-corrected chi connectivity index (χ3v) is 10.9. The Labute approximate surface area is 304 Å². The summed E-state index contributed by atoms with van der Waals surface area (Å²) in [6.07, 6.45) is 8.42. The van der Waals surface area contributed by atoms with E-state index in [4.69, 9.17) is 0 Å². The van der Waals surface area contributed by atoms with Crippen LogP contribution in [-0.4, -0.2) is 98.3 Å². The maximum Gasteiger partial charge on any atom is 0.270 e. The molecule has 6 rings (SSSR count). The quantitative estimate of drug-likeness (QED) is 0.252. The number of carbonyl (C=O) groups is 4. The van der Waals surface area contributed by atoms with Crippen molar-refractivity contribution in [3.8, 4) is 0 Å². The van der Waals surface area contributed by atoms with Crippen molar-refractivity contribution < 1.29 is 23.6 Å². The molecule has 3 N–H and O–H groups in total. The summed E-state index contributed by atoms with van der Waals surface area (Å²) in [5.74, 6) is -2.41. The lowest BCUT2D eigenvalue weighted by Gasteiger charge is -2.36. The van der Waals surface area contributed by atoms with Crippen LogP contribution in [0.2, 0.25) is 0 Å². The lowest BCUT2D eigenvalue weighted by Crippen LogP contribution is -2.55. The Hall–Kier alpha value is -4.59. The van der Waals surface area contributed by atoms with Gasteiger partial charge < -0.3 is 25.8 Å². The molecule has 4 amide bonds. The first kappa shape index (κ1) is 37.2. The summed E-state index contributed by atoms with van der Waals surface area (Å²) in [4.78, 5) is 58.8. The highest BCUT2D eigenvalue weighted by Gasteiger charge is 2.37. The van der Waals surface area contributed by atoms with Crippen molar-refractivity contribution in [3.63, 3.8) is 0 Å². The molecule has 52 heavy (non-hydrogen) atoms. The standard InChI is InChI=1S/C38H52FN9O4/c1-23(2)47-31(14-16-40-47)35(49)44-34(26-8-6-24(3)7-9-26)37(51)42-30-13-10-27(22-29(30)39)25(4)33(38(52)46-20-18-45(5)19-21-46)43-36(50)32-15-17-41-48(32)28-11-12-28/h10,13-17,22-26,28,33-34H,6-9,11-12,18-21H2,1-5H3,(H,42,51)(H,43,50)(H,44,49)/t24-,25-,26-,33+,34-/m0/s1. The van der Waals surface area contributed by atoms with Gasteiger partial charge in [0.15, 0.2) is 0 Å². The Morgan fingerprint density at radius 3 is 2.13 bits per heavy atom. The number of halogens is 1. The predicted octanol–water partition coefficient (Wildman–Crippen LogP) is 4.37. The molecule has 1 aliphatic heterocycles. The second-order valence-electron chi connectivity index (χ2n) is 15.2. The van der Waals surface area contributed by atoms with E-state index < -0.39 is 41.5 Å². The maximum atomic E-state index is 15.9. The molecule has 13 nitrogen and oxygen atoms in total. The van der Waals surface area contributed by atoms with Crippen LogP contribution in [0.3, 0.4) is 0 Å². The zero-order valence-corrected chi connectivity index (χ0v) is 30.8. The number of rotatable bonds is 12. The van der Waals surface area contributed by atoms with Gasteiger partial charge in [-0.1, -0.05) is 32.8 Å². The number of benzene rings is 1. The number of likely N-dealkylation sites (N-methyl/N-ethyl adjacent to an activating group) is 1. The lowest BCUT2D eigenvalue weighted by molar-refractivity contribution is -0.135. The number of hydrogen-bond acceptors (Lipinski definition) is 7. The van der Waals surface area contributed by atoms with E-state index in [0.29, 0.717) is 49.0 Å². The van der Waals surface area contributed by atoms with Gasteiger partial charge in [-0.3, -0.25) is 28.5 Å². The Balaban J connectivity index is 1.21. The number of amides is 4. The van der Waals surface area contributed by atoms with Gasteiger partial charge in [-0.15, -0.1) is 0 Å². The van der Waals surface area contributed by atoms with Crippen LogP contribution in [0.5, 0.6) is 0 Å². The fourth-order valence-electron chi connectivity index (χ4n) is 7.40. The number of piperazine rings is 1. The Morgan fingerprint density at radius 2 is 1.48 bits per heavy atom. The first-order chi connectivity index (χ1) is 24.9. The molecule has 0 bridgehead atoms. The fourth-order valence-corrected chi connectivity index (χ4v) is 7.40. The molecule has 3 atom stereocenters. The van der Waals surface area contributed by atoms with Crippen LogP contribution in [0.15, 0.2) is 42.7 Å². The van der Waals surface area contributed by atoms with E-state index in [-0.39, 0.29) is 29.6 Å². The molecule has 2 aromatic heterocycles. The smallest absolute Gasteiger partial charge is 0.270 e. The third-order valence-electron chi connectivity index (χ3n) is 10.9. The van der Waals surface area contributed by atoms with Gasteiger partial charge in [-0.25, -0.2) is 4.39 Å². The van der Waals surface area contributed by atoms with E-state index in [9.17, 15) is 19.2 Å². The average molecular weight is 718 g/mol. The molecule has 3 aromatic rings. The Morgan fingerprint density at radius 1 is 0.827 bits per heavy atom. The molecule has 2 saturated carbocycles. The number of hydrogen-bond donors (Lipinski definition) is 3. The molecule has 1 aromatic carbocycles. The minimum atomic E-state index is -0.967. The minimum absolute atomic E-state index is 0.0316. The summed E-state index contributed by atoms with van der Waals surface area (Å²) < 4.78 is 19.3. The number of nitrogens with one attached hydrogen (secondary N) is 3. The summed E-state index contributed by atoms with van der Waals surface area (Å²) in [5, 5.41) is 17.2. The van der Waals surface area contributed by atoms with Crippen molar-refractivity contribution in [1.29, 1.82) is 0 Å². The molecule has 0 unspecified atom stereocenters. The minimum Gasteiger partial charge on any atom is -0.339 e. The molecule has 3 fully saturated rings. The van der Waals surface area contributed by atoms with Crippen molar-refractivity contribution in [2.75, 3.05) is 38.5 Å². The lowest BCUT2D eigenvalue weighted by atomic mass is 9.79. The van der Waals surface area contributed by atoms with Crippen molar-refractivity contribution in [2.24, 2.45) is 11.8 Å². The van der Waals surface area contributed by atoms with Crippen LogP contribution >= 0.6 is 0 Å². The molecule has 2 aliphatic carbocycles. The molecule has 0 radical (unpaired) electrons. The summed E-state index contributed by atoms with van der Waals surface area (Å²) in [6.45, 7) is 10.3. The first-order valence-electron chi connectivity index (χ1n) is 18.7. The summed E-state index contributed by atoms with van der Waals surface area (Å²) in [6, 6.07) is 6.01. The second-order valence-corrected chi connectivity index (χ2v) is 15.2. The highest BCUT2D eigenvalue weighted by Crippen LogP contribution is 2.35. The van der Waals surface area contributed by atoms with E-state index in [1.165, 1.54) is 12.1 Å². The van der Waals surface area contributed by atoms with Gasteiger partial charge in [0.05, 0.1) is 11.7 Å². The maximum absolute atomic E-state index is 15.9. The molecule has 3 heterocycles. The van der Waals surface area contributed by atoms with Crippen LogP contribution in [0.25, 0.3) is 0 Å². The van der Waals surface area contributed by atoms with E-state index in [0.717, 1.165) is 38.5 Å². The third kappa shape index (κ3) is 8.38. The fraction of sp³-hybridized carbons (Fsp3) is 0.579. The molecule has 3 aliphatic rings. The van der Waals surface area contributed by atoms with Crippen molar-refractivity contribution in [3.05, 3.63) is 65.5 Å². The molecule has 14 heteroatoms. The van der Waals surface area contributed by atoms with Crippen LogP contribution in [0.4, 0.5) is 10.1 Å². The second kappa shape index (κ2) is 16.0. The normalized spacial score (nSPS) is 21.3. The van der Waals surface area contributed by atoms with Gasteiger partial charge in [-0.2, -0.15) is 10.2 Å². The SMILES string of the molecule is CC(C)n1nccc1C(=O)N[C@H](C(=O)Nc1ccc([C@H](C)[C@@H](NC(=O)c2ccnn2C2CC2)C(=O)N2CCN(C)CC2)cc1F)[C@H]1CC[C@H](C)CC1. The van der Waals surface area contributed by atoms with Gasteiger partial charge in [0, 0.05) is 50.5 Å². The predicted molar refractivity (Wildman–Crippen MR) is 194 cm³/mol. The Kier molecular flexibility index (Phi) is 11.4. The monoisotopic (exact) mass is 717 g/mol. The van der Waals surface area contributed by atoms with E-state index in [2.05, 4.69) is 38.0 Å². The summed E-state index contributed by atoms with van der Waals surface area (Å²) in [7, 11) is 2.00. The topological polar surface area (TPSA) is 146 Å². The molecule has 1 saturated heterocycles. The van der Waals surface area contributed by atoms with Gasteiger partial charge >= 0.3 is 0 Å². The first-order valence-corrected chi connectivity index (χ1v) is 18.7. The van der Waals surface area contributed by atoms with Gasteiger partial charge in [0.25, 0.3) is 11.8 Å². The number of carbonyl (C=O) groups excluding carboxylic acids is 4. The largest absolute Gasteiger partial charge is 0.339 e. The van der Waals surface area contributed by atoms with Crippen LogP contribution in [0, 0.1) is 17.7 Å². The zero-order valence-electron chi connectivity index (χ0n) is 30.8. The highest BCUT2D eigenvalue weighted by molar-refractivity contribution is 6.01. The average Bonchev–Trinajstić information content (AvgIpc) is 3.62. The number of nitrogens with zero attached hydrogens (tertiary/aromatic N) is 6. The number of aromatic nitrogens is 4. The van der Waals surface area contributed by atoms with E-state index in [1.54, 1.807) is 51.8 Å². The zero-order chi connectivity index (χ0) is 37.1. The number of anilines is 1. The van der Waals surface area contributed by atoms with Crippen LogP contribution in [0.1, 0.15) is 111 Å². The van der Waals surface area contributed by atoms with Crippen molar-refractivity contribution in [2.45, 2.75) is 96.3 Å². The van der Waals surface area contributed by atoms with E-state index in [1.807, 2.05) is 20.9 Å². The van der Waals surface area contributed by atoms with Crippen LogP contribution in [-0.2, 0) is 9.59 Å². The van der Waals surface area contributed by atoms with Gasteiger partial charge in [-0.05, 0) is 88.2 Å². The van der Waals surface area contributed by atoms with Crippen molar-refractivity contribution in [1.82, 2.24) is 40.0 Å². The highest BCUT2D eigenvalue weighted by atomic mass is 19.1. The van der Waals surface area contributed by atoms with Crippen LogP contribution < -0.4 is 16.0 Å². The van der Waals surface area contributed by atoms with Gasteiger partial charge in [0.2, 0.25) is 11.8 Å². The van der Waals surface area contributed by atoms with Crippen molar-refractivity contribution >= 4 is 29.3 Å². The summed E-state index contributed by atoms with van der Waals surface area (Å²) in [5.41, 5.74) is 1.20.